The fraction of sp³-hybridized carbons (Fsp3) is 0.367. The lowest BCUT2D eigenvalue weighted by molar-refractivity contribution is -0.138. The maximum Gasteiger partial charge on any atom is 0.253 e. The van der Waals surface area contributed by atoms with Gasteiger partial charge in [-0.3, -0.25) is 33.8 Å². The maximum atomic E-state index is 14.0. The molecule has 212 valence electrons. The highest BCUT2D eigenvalue weighted by molar-refractivity contribution is 6.53. The number of nitrogens with zero attached hydrogens (tertiary/aromatic N) is 2. The lowest BCUT2D eigenvalue weighted by atomic mass is 9.56. The summed E-state index contributed by atoms with van der Waals surface area (Å²) in [5, 5.41) is 11.0. The number of benzene rings is 2. The number of amides is 4. The number of aromatic hydroxyl groups is 1. The molecule has 2 saturated heterocycles. The molecule has 1 N–H and O–H groups in total. The first-order valence-electron chi connectivity index (χ1n) is 13.1. The molecule has 0 spiro atoms. The van der Waals surface area contributed by atoms with Gasteiger partial charge in [0.15, 0.2) is 15.5 Å². The predicted molar refractivity (Wildman–Crippen MR) is 149 cm³/mol. The smallest absolute Gasteiger partial charge is 0.253 e. The van der Waals surface area contributed by atoms with Crippen molar-refractivity contribution < 1.29 is 33.8 Å². The molecule has 6 rings (SSSR count). The van der Waals surface area contributed by atoms with E-state index < -0.39 is 57.0 Å². The minimum atomic E-state index is -2.01. The van der Waals surface area contributed by atoms with Gasteiger partial charge in [0, 0.05) is 24.1 Å². The van der Waals surface area contributed by atoms with E-state index in [9.17, 15) is 29.1 Å². The molecular formula is C30H26Cl2N2O7. The number of carbonyl (C=O) groups is 5. The Morgan fingerprint density at radius 2 is 1.68 bits per heavy atom. The molecule has 11 heteroatoms. The summed E-state index contributed by atoms with van der Waals surface area (Å²) in [5.74, 6) is -5.66. The zero-order valence-corrected chi connectivity index (χ0v) is 23.9. The van der Waals surface area contributed by atoms with Crippen molar-refractivity contribution in [1.29, 1.82) is 0 Å². The van der Waals surface area contributed by atoms with Gasteiger partial charge in [0.2, 0.25) is 11.8 Å². The number of methoxy groups -OCH3 is 1. The number of rotatable bonds is 4. The van der Waals surface area contributed by atoms with Crippen LogP contribution in [0.4, 0.5) is 5.69 Å². The van der Waals surface area contributed by atoms with Crippen LogP contribution < -0.4 is 9.64 Å². The minimum absolute atomic E-state index is 0.148. The number of allylic oxidation sites excluding steroid dienone is 2. The number of alkyl halides is 2. The first-order chi connectivity index (χ1) is 19.4. The van der Waals surface area contributed by atoms with Crippen molar-refractivity contribution in [2.24, 2.45) is 17.8 Å². The highest BCUT2D eigenvalue weighted by Crippen LogP contribution is 2.66. The SMILES string of the molecule is COc1ccc(O)c(C2C3=CCC4C(=O)N(c5ccc(C(C)=O)cc5)C(=O)C4C3CC3(Cl)C(=O)N(C)C(=O)C23Cl)c1. The molecule has 4 amide bonds. The molecule has 9 nitrogen and oxygen atoms in total. The number of hydrogen-bond donors (Lipinski definition) is 1. The number of ether oxygens (including phenoxy) is 1. The standard InChI is InChI=1S/C30H26Cl2N2O7/c1-14(35)15-4-6-16(7-5-15)34-25(37)19-10-9-18-21(23(19)26(34)38)13-29(31)27(39)33(2)28(40)30(29,32)24(18)20-12-17(41-3)8-11-22(20)36/h4-9,11-12,19,21,23-24,36H,10,13H2,1-3H3. The molecule has 3 fully saturated rings. The second kappa shape index (κ2) is 9.16. The van der Waals surface area contributed by atoms with Crippen molar-refractivity contribution in [1.82, 2.24) is 4.90 Å². The van der Waals surface area contributed by atoms with E-state index in [1.165, 1.54) is 33.2 Å². The maximum absolute atomic E-state index is 14.0. The fourth-order valence-corrected chi connectivity index (χ4v) is 8.09. The van der Waals surface area contributed by atoms with Crippen molar-refractivity contribution in [3.8, 4) is 11.5 Å². The molecule has 2 aromatic carbocycles. The fourth-order valence-electron chi connectivity index (χ4n) is 7.08. The van der Waals surface area contributed by atoms with E-state index in [4.69, 9.17) is 27.9 Å². The largest absolute Gasteiger partial charge is 0.508 e. The number of likely N-dealkylation sites (tertiary alicyclic amines) is 1. The predicted octanol–water partition coefficient (Wildman–Crippen LogP) is 3.80. The van der Waals surface area contributed by atoms with E-state index >= 15 is 0 Å². The van der Waals surface area contributed by atoms with Crippen LogP contribution in [0.2, 0.25) is 0 Å². The number of carbonyl (C=O) groups excluding carboxylic acids is 5. The van der Waals surface area contributed by atoms with Gasteiger partial charge in [-0.1, -0.05) is 11.6 Å². The van der Waals surface area contributed by atoms with E-state index in [0.29, 0.717) is 22.6 Å². The number of Topliss-reactive ketones (excluding diaryl/α,β-unsaturated/α-hetero) is 1. The highest BCUT2D eigenvalue weighted by atomic mass is 35.5. The van der Waals surface area contributed by atoms with Gasteiger partial charge in [0.25, 0.3) is 11.8 Å². The van der Waals surface area contributed by atoms with Gasteiger partial charge in [-0.05, 0) is 68.1 Å². The summed E-state index contributed by atoms with van der Waals surface area (Å²) >= 11 is 14.3. The Morgan fingerprint density at radius 3 is 2.32 bits per heavy atom. The van der Waals surface area contributed by atoms with Gasteiger partial charge in [-0.2, -0.15) is 0 Å². The summed E-state index contributed by atoms with van der Waals surface area (Å²) in [6.07, 6.45) is 1.82. The molecule has 2 heterocycles. The number of fused-ring (bicyclic) bond motifs is 4. The molecule has 0 radical (unpaired) electrons. The number of phenolic OH excluding ortho intramolecular Hbond substituents is 1. The summed E-state index contributed by atoms with van der Waals surface area (Å²) in [6, 6.07) is 10.7. The summed E-state index contributed by atoms with van der Waals surface area (Å²) in [7, 11) is 2.75. The first kappa shape index (κ1) is 27.5. The number of hydrogen-bond acceptors (Lipinski definition) is 7. The third-order valence-electron chi connectivity index (χ3n) is 9.09. The van der Waals surface area contributed by atoms with Crippen molar-refractivity contribution in [2.75, 3.05) is 19.1 Å². The van der Waals surface area contributed by atoms with E-state index in [1.807, 2.05) is 0 Å². The Hall–Kier alpha value is -3.69. The van der Waals surface area contributed by atoms with Gasteiger partial charge in [0.05, 0.1) is 24.6 Å². The molecule has 0 bridgehead atoms. The average molecular weight is 597 g/mol. The third-order valence-corrected chi connectivity index (χ3v) is 10.5. The second-order valence-corrected chi connectivity index (χ2v) is 12.3. The molecular weight excluding hydrogens is 571 g/mol. The zero-order valence-electron chi connectivity index (χ0n) is 22.4. The molecule has 2 aromatic rings. The lowest BCUT2D eigenvalue weighted by Gasteiger charge is -2.50. The molecule has 6 atom stereocenters. The normalized spacial score (nSPS) is 32.5. The van der Waals surface area contributed by atoms with Crippen LogP contribution in [0.1, 0.15) is 41.6 Å². The van der Waals surface area contributed by atoms with Crippen LogP contribution >= 0.6 is 23.2 Å². The Labute approximate surface area is 245 Å². The van der Waals surface area contributed by atoms with Crippen LogP contribution in [0.25, 0.3) is 0 Å². The van der Waals surface area contributed by atoms with Crippen LogP contribution in [0.5, 0.6) is 11.5 Å². The summed E-state index contributed by atoms with van der Waals surface area (Å²) < 4.78 is 5.37. The Balaban J connectivity index is 1.50. The van der Waals surface area contributed by atoms with E-state index in [1.54, 1.807) is 36.4 Å². The van der Waals surface area contributed by atoms with Gasteiger partial charge in [0.1, 0.15) is 11.5 Å². The number of anilines is 1. The highest BCUT2D eigenvalue weighted by Gasteiger charge is 2.76. The third kappa shape index (κ3) is 3.51. The quantitative estimate of drug-likeness (QED) is 0.246. The number of imide groups is 2. The molecule has 41 heavy (non-hydrogen) atoms. The first-order valence-corrected chi connectivity index (χ1v) is 13.9. The van der Waals surface area contributed by atoms with Crippen molar-refractivity contribution >= 4 is 58.3 Å². The van der Waals surface area contributed by atoms with Crippen LogP contribution in [-0.2, 0) is 19.2 Å². The summed E-state index contributed by atoms with van der Waals surface area (Å²) in [6.45, 7) is 1.42. The molecule has 2 aliphatic heterocycles. The van der Waals surface area contributed by atoms with Crippen molar-refractivity contribution in [3.05, 3.63) is 65.2 Å². The minimum Gasteiger partial charge on any atom is -0.508 e. The van der Waals surface area contributed by atoms with Crippen molar-refractivity contribution in [3.63, 3.8) is 0 Å². The number of halogens is 2. The van der Waals surface area contributed by atoms with Crippen LogP contribution in [-0.4, -0.2) is 63.3 Å². The van der Waals surface area contributed by atoms with E-state index in [-0.39, 0.29) is 29.9 Å². The van der Waals surface area contributed by atoms with Gasteiger partial charge >= 0.3 is 0 Å². The van der Waals surface area contributed by atoms with Gasteiger partial charge < -0.3 is 9.84 Å². The average Bonchev–Trinajstić information content (AvgIpc) is 3.28. The van der Waals surface area contributed by atoms with Crippen LogP contribution in [0, 0.1) is 17.8 Å². The Kier molecular flexibility index (Phi) is 6.14. The monoisotopic (exact) mass is 596 g/mol. The summed E-state index contributed by atoms with van der Waals surface area (Å²) in [5.41, 5.74) is 1.56. The molecule has 2 aliphatic carbocycles. The zero-order chi connectivity index (χ0) is 29.6. The van der Waals surface area contributed by atoms with E-state index in [2.05, 4.69) is 0 Å². The topological polar surface area (TPSA) is 121 Å². The molecule has 4 aliphatic rings. The van der Waals surface area contributed by atoms with Crippen LogP contribution in [0.3, 0.4) is 0 Å². The molecule has 0 aromatic heterocycles. The Morgan fingerprint density at radius 1 is 1.00 bits per heavy atom. The van der Waals surface area contributed by atoms with E-state index in [0.717, 1.165) is 9.80 Å². The van der Waals surface area contributed by atoms with Gasteiger partial charge in [-0.15, -0.1) is 23.2 Å². The van der Waals surface area contributed by atoms with Crippen LogP contribution in [0.15, 0.2) is 54.1 Å². The number of phenols is 1. The van der Waals surface area contributed by atoms with Gasteiger partial charge in [-0.25, -0.2) is 0 Å². The number of ketones is 1. The second-order valence-electron chi connectivity index (χ2n) is 11.0. The Bertz CT molecular complexity index is 1590. The molecule has 6 unspecified atom stereocenters. The summed E-state index contributed by atoms with van der Waals surface area (Å²) in [4.78, 5) is 64.6. The lowest BCUT2D eigenvalue weighted by Crippen LogP contribution is -2.60. The molecule has 1 saturated carbocycles. The van der Waals surface area contributed by atoms with Crippen molar-refractivity contribution in [2.45, 2.75) is 35.4 Å².